The Labute approximate surface area is 242 Å². The molecule has 2 aromatic rings. The predicted molar refractivity (Wildman–Crippen MR) is 173 cm³/mol. The molecule has 4 heteroatoms. The number of rotatable bonds is 7. The van der Waals surface area contributed by atoms with Gasteiger partial charge >= 0.3 is 244 Å². The first-order valence-electron chi connectivity index (χ1n) is 14.8. The van der Waals surface area contributed by atoms with Gasteiger partial charge in [-0.1, -0.05) is 0 Å². The molecule has 2 aromatic carbocycles. The predicted octanol–water partition coefficient (Wildman–Crippen LogP) is 11.8. The van der Waals surface area contributed by atoms with E-state index in [4.69, 9.17) is 18.6 Å². The number of fused-ring (bicyclic) bond motifs is 2. The molecule has 0 spiro atoms. The number of hydrogen-bond donors (Lipinski definition) is 0. The monoisotopic (exact) mass is 603 g/mol. The number of allylic oxidation sites excluding steroid dienone is 2. The van der Waals surface area contributed by atoms with Crippen molar-refractivity contribution in [1.82, 2.24) is 0 Å². The first-order valence-corrected chi connectivity index (χ1v) is 26.5. The zero-order valence-electron chi connectivity index (χ0n) is 25.8. The third-order valence-corrected chi connectivity index (χ3v) is 45.1. The molecule has 0 saturated heterocycles. The second-order valence-electron chi connectivity index (χ2n) is 13.9. The molecule has 0 bridgehead atoms. The zero-order chi connectivity index (χ0) is 28.5. The molecule has 0 N–H and O–H groups in total. The van der Waals surface area contributed by atoms with Crippen molar-refractivity contribution in [1.29, 1.82) is 0 Å². The molecule has 2 atom stereocenters. The van der Waals surface area contributed by atoms with Crippen molar-refractivity contribution in [3.05, 3.63) is 79.9 Å². The minimum absolute atomic E-state index is 0.151. The van der Waals surface area contributed by atoms with E-state index in [0.717, 1.165) is 0 Å². The summed E-state index contributed by atoms with van der Waals surface area (Å²) in [6, 6.07) is 9.84. The van der Waals surface area contributed by atoms with E-state index >= 15 is 0 Å². The summed E-state index contributed by atoms with van der Waals surface area (Å²) in [4.78, 5) is 0. The standard InChI is InChI=1S/2C16H21.C2H7Si.2ClH.Ti/c2*1-10(2)13-8-14-6-12(5)7-16(14)15(9-13)11(3)4;1-3-2;;;/h2*6-11H,1-5H3;3H,1-2H3;2*1H;/q;;;;;+2/p-2. The van der Waals surface area contributed by atoms with Crippen LogP contribution in [0.5, 0.6) is 0 Å². The van der Waals surface area contributed by atoms with Crippen molar-refractivity contribution >= 4 is 37.4 Å². The van der Waals surface area contributed by atoms with E-state index in [2.05, 4.69) is 119 Å². The summed E-state index contributed by atoms with van der Waals surface area (Å²) in [5.74, 6) is 1.86. The van der Waals surface area contributed by atoms with Crippen molar-refractivity contribution in [3.63, 3.8) is 0 Å². The quantitative estimate of drug-likeness (QED) is 0.276. The van der Waals surface area contributed by atoms with Gasteiger partial charge in [0, 0.05) is 0 Å². The van der Waals surface area contributed by atoms with Crippen molar-refractivity contribution in [2.75, 3.05) is 0 Å². The van der Waals surface area contributed by atoms with E-state index < -0.39 is 19.1 Å². The van der Waals surface area contributed by atoms with Gasteiger partial charge < -0.3 is 0 Å². The van der Waals surface area contributed by atoms with Gasteiger partial charge in [-0.25, -0.2) is 0 Å². The molecule has 38 heavy (non-hydrogen) atoms. The molecule has 0 fully saturated rings. The van der Waals surface area contributed by atoms with Crippen LogP contribution in [0.25, 0.3) is 12.2 Å². The molecule has 207 valence electrons. The van der Waals surface area contributed by atoms with Gasteiger partial charge in [-0.15, -0.1) is 0 Å². The van der Waals surface area contributed by atoms with Gasteiger partial charge in [-0.2, -0.15) is 0 Å². The Morgan fingerprint density at radius 2 is 0.947 bits per heavy atom. The molecule has 0 aromatic heterocycles. The second-order valence-corrected chi connectivity index (χ2v) is 43.1. The third-order valence-electron chi connectivity index (χ3n) is 9.59. The summed E-state index contributed by atoms with van der Waals surface area (Å²) in [5, 5.41) is 0. The maximum atomic E-state index is 8.45. The second kappa shape index (κ2) is 10.4. The van der Waals surface area contributed by atoms with Gasteiger partial charge in [0.2, 0.25) is 0 Å². The molecular formula is C34H49Cl2SiTi. The van der Waals surface area contributed by atoms with E-state index in [1.54, 1.807) is 0 Å². The Balaban J connectivity index is 2.06. The Bertz CT molecular complexity index is 1230. The topological polar surface area (TPSA) is 0 Å². The van der Waals surface area contributed by atoms with Gasteiger partial charge in [0.25, 0.3) is 0 Å². The fraction of sp³-hybridized carbons (Fsp3) is 0.529. The van der Waals surface area contributed by atoms with Crippen LogP contribution < -0.4 is 0 Å². The van der Waals surface area contributed by atoms with Gasteiger partial charge in [-0.3, -0.25) is 0 Å². The van der Waals surface area contributed by atoms with E-state index in [9.17, 15) is 0 Å². The summed E-state index contributed by atoms with van der Waals surface area (Å²) in [7, 11) is 16.9. The third kappa shape index (κ3) is 4.61. The van der Waals surface area contributed by atoms with Crippen LogP contribution >= 0.6 is 18.6 Å². The first-order chi connectivity index (χ1) is 17.5. The molecule has 0 amide bonds. The molecule has 2 aliphatic carbocycles. The van der Waals surface area contributed by atoms with Gasteiger partial charge in [0.05, 0.1) is 0 Å². The summed E-state index contributed by atoms with van der Waals surface area (Å²) >= 11 is -4.35. The Kier molecular flexibility index (Phi) is 8.29. The fourth-order valence-corrected chi connectivity index (χ4v) is 29.4. The van der Waals surface area contributed by atoms with Crippen LogP contribution in [-0.2, 0) is 12.4 Å². The number of hydrogen-bond acceptors (Lipinski definition) is 0. The Morgan fingerprint density at radius 1 is 0.605 bits per heavy atom. The summed E-state index contributed by atoms with van der Waals surface area (Å²) in [5.41, 5.74) is 14.1. The molecule has 2 aliphatic rings. The van der Waals surface area contributed by atoms with Crippen molar-refractivity contribution in [3.8, 4) is 0 Å². The molecule has 0 heterocycles. The van der Waals surface area contributed by atoms with Crippen LogP contribution in [0.2, 0.25) is 13.1 Å². The van der Waals surface area contributed by atoms with Crippen LogP contribution in [0.1, 0.15) is 146 Å². The van der Waals surface area contributed by atoms with E-state index in [1.165, 1.54) is 55.7 Å². The molecule has 0 saturated carbocycles. The molecule has 0 aliphatic heterocycles. The van der Waals surface area contributed by atoms with Gasteiger partial charge in [0.15, 0.2) is 0 Å². The van der Waals surface area contributed by atoms with E-state index in [-0.39, 0.29) is 8.45 Å². The average Bonchev–Trinajstić information content (AvgIpc) is 3.33. The molecule has 2 unspecified atom stereocenters. The SMILES string of the molecule is CC1=Cc2c(C(C)C)cc(C(C)C)cc2[CH]1[Ti]([Cl])([Cl])([CH]1C(C)=Cc2c(C(C)C)cc(C(C)C)cc21)[SiH](C)C. The van der Waals surface area contributed by atoms with Crippen LogP contribution in [0.3, 0.4) is 0 Å². The summed E-state index contributed by atoms with van der Waals surface area (Å²) in [6.07, 6.45) is 4.89. The maximum absolute atomic E-state index is 8.45. The van der Waals surface area contributed by atoms with Crippen molar-refractivity contribution in [2.24, 2.45) is 0 Å². The van der Waals surface area contributed by atoms with Crippen LogP contribution in [0, 0.1) is 0 Å². The molecular weight excluding hydrogens is 555 g/mol. The van der Waals surface area contributed by atoms with E-state index in [1.807, 2.05) is 0 Å². The number of halogens is 2. The van der Waals surface area contributed by atoms with Crippen molar-refractivity contribution in [2.45, 2.75) is 114 Å². The minimum atomic E-state index is -4.35. The molecule has 4 rings (SSSR count). The average molecular weight is 605 g/mol. The van der Waals surface area contributed by atoms with Crippen molar-refractivity contribution < 1.29 is 12.4 Å². The normalized spacial score (nSPS) is 20.3. The van der Waals surface area contributed by atoms with Crippen LogP contribution in [0.4, 0.5) is 0 Å². The van der Waals surface area contributed by atoms with Crippen LogP contribution in [-0.4, -0.2) is 6.66 Å². The molecule has 0 nitrogen and oxygen atoms in total. The fourth-order valence-electron chi connectivity index (χ4n) is 7.29. The number of benzene rings is 2. The van der Waals surface area contributed by atoms with Gasteiger partial charge in [0.1, 0.15) is 0 Å². The summed E-state index contributed by atoms with van der Waals surface area (Å²) in [6.45, 7) is 26.5. The zero-order valence-corrected chi connectivity index (χ0v) is 30.0. The van der Waals surface area contributed by atoms with E-state index in [0.29, 0.717) is 23.7 Å². The first kappa shape index (κ1) is 30.4. The molecule has 0 radical (unpaired) electrons. The van der Waals surface area contributed by atoms with Gasteiger partial charge in [-0.05, 0) is 0 Å². The summed E-state index contributed by atoms with van der Waals surface area (Å²) < 4.78 is 0.301. The Hall–Kier alpha value is -0.569. The Morgan fingerprint density at radius 3 is 1.21 bits per heavy atom. The van der Waals surface area contributed by atoms with Crippen LogP contribution in [0.15, 0.2) is 35.4 Å².